The highest BCUT2D eigenvalue weighted by Crippen LogP contribution is 2.18. The predicted molar refractivity (Wildman–Crippen MR) is 40.2 cm³/mol. The molecule has 2 atom stereocenters. The molecule has 0 unspecified atom stereocenters. The fourth-order valence-corrected chi connectivity index (χ4v) is 1.32. The van der Waals surface area contributed by atoms with Crippen molar-refractivity contribution < 1.29 is 14.6 Å². The van der Waals surface area contributed by atoms with Crippen molar-refractivity contribution in [2.75, 3.05) is 13.2 Å². The van der Waals surface area contributed by atoms with E-state index in [1.165, 1.54) is 6.92 Å². The molecule has 0 radical (unpaired) electrons. The molecule has 1 aliphatic rings. The van der Waals surface area contributed by atoms with E-state index in [9.17, 15) is 9.90 Å². The minimum atomic E-state index is -0.491. The minimum Gasteiger partial charge on any atom is -0.392 e. The van der Waals surface area contributed by atoms with Crippen LogP contribution in [0, 0.1) is 5.92 Å². The number of ketones is 1. The summed E-state index contributed by atoms with van der Waals surface area (Å²) < 4.78 is 5.09. The minimum absolute atomic E-state index is 0.0457. The lowest BCUT2D eigenvalue weighted by atomic mass is 9.98. The van der Waals surface area contributed by atoms with Gasteiger partial charge in [0, 0.05) is 18.9 Å². The summed E-state index contributed by atoms with van der Waals surface area (Å²) in [6.45, 7) is 2.83. The van der Waals surface area contributed by atoms with Crippen LogP contribution in [0.25, 0.3) is 0 Å². The Labute approximate surface area is 66.4 Å². The van der Waals surface area contributed by atoms with Gasteiger partial charge in [-0.3, -0.25) is 4.79 Å². The standard InChI is InChI=1S/C8H14O3/c1-6(9)4-8(10)7-2-3-11-5-7/h7-8,10H,2-5H2,1H3/t7-,8-/m1/s1. The quantitative estimate of drug-likeness (QED) is 0.645. The van der Waals surface area contributed by atoms with Gasteiger partial charge in [0.2, 0.25) is 0 Å². The van der Waals surface area contributed by atoms with E-state index in [1.54, 1.807) is 0 Å². The van der Waals surface area contributed by atoms with Crippen LogP contribution in [0.4, 0.5) is 0 Å². The van der Waals surface area contributed by atoms with E-state index >= 15 is 0 Å². The number of aliphatic hydroxyl groups excluding tert-OH is 1. The highest BCUT2D eigenvalue weighted by molar-refractivity contribution is 5.75. The third-order valence-corrected chi connectivity index (χ3v) is 2.01. The normalized spacial score (nSPS) is 26.9. The van der Waals surface area contributed by atoms with Crippen molar-refractivity contribution in [1.29, 1.82) is 0 Å². The van der Waals surface area contributed by atoms with Crippen molar-refractivity contribution in [2.45, 2.75) is 25.9 Å². The van der Waals surface area contributed by atoms with E-state index in [1.807, 2.05) is 0 Å². The molecule has 3 heteroatoms. The summed E-state index contributed by atoms with van der Waals surface area (Å²) in [5.74, 6) is 0.225. The molecule has 11 heavy (non-hydrogen) atoms. The summed E-state index contributed by atoms with van der Waals surface area (Å²) in [5, 5.41) is 9.42. The first-order chi connectivity index (χ1) is 5.20. The Hall–Kier alpha value is -0.410. The van der Waals surface area contributed by atoms with Gasteiger partial charge in [0.15, 0.2) is 0 Å². The second-order valence-corrected chi connectivity index (χ2v) is 3.10. The zero-order valence-corrected chi connectivity index (χ0v) is 6.75. The number of carbonyl (C=O) groups excluding carboxylic acids is 1. The molecule has 1 fully saturated rings. The Morgan fingerprint density at radius 3 is 3.00 bits per heavy atom. The van der Waals surface area contributed by atoms with Crippen LogP contribution in [-0.4, -0.2) is 30.2 Å². The molecule has 1 saturated heterocycles. The van der Waals surface area contributed by atoms with Gasteiger partial charge in [-0.2, -0.15) is 0 Å². The number of aliphatic hydroxyl groups is 1. The Morgan fingerprint density at radius 2 is 2.55 bits per heavy atom. The molecule has 1 rings (SSSR count). The van der Waals surface area contributed by atoms with E-state index in [0.717, 1.165) is 13.0 Å². The average molecular weight is 158 g/mol. The molecule has 0 saturated carbocycles. The van der Waals surface area contributed by atoms with E-state index in [-0.39, 0.29) is 18.1 Å². The Balaban J connectivity index is 2.28. The van der Waals surface area contributed by atoms with Crippen molar-refractivity contribution in [3.05, 3.63) is 0 Å². The maximum absolute atomic E-state index is 10.6. The monoisotopic (exact) mass is 158 g/mol. The Kier molecular flexibility index (Phi) is 3.02. The van der Waals surface area contributed by atoms with Gasteiger partial charge in [0.1, 0.15) is 5.78 Å². The van der Waals surface area contributed by atoms with Gasteiger partial charge >= 0.3 is 0 Å². The van der Waals surface area contributed by atoms with E-state index in [4.69, 9.17) is 4.74 Å². The first kappa shape index (κ1) is 8.68. The van der Waals surface area contributed by atoms with Gasteiger partial charge in [-0.15, -0.1) is 0 Å². The predicted octanol–water partition coefficient (Wildman–Crippen LogP) is 0.363. The van der Waals surface area contributed by atoms with Gasteiger partial charge in [-0.25, -0.2) is 0 Å². The summed E-state index contributed by atoms with van der Waals surface area (Å²) in [4.78, 5) is 10.6. The molecular weight excluding hydrogens is 144 g/mol. The first-order valence-corrected chi connectivity index (χ1v) is 3.95. The van der Waals surface area contributed by atoms with Gasteiger partial charge in [-0.1, -0.05) is 0 Å². The molecule has 0 bridgehead atoms. The van der Waals surface area contributed by atoms with Gasteiger partial charge in [-0.05, 0) is 13.3 Å². The average Bonchev–Trinajstić information content (AvgIpc) is 2.35. The number of rotatable bonds is 3. The Morgan fingerprint density at radius 1 is 1.82 bits per heavy atom. The summed E-state index contributed by atoms with van der Waals surface area (Å²) in [7, 11) is 0. The van der Waals surface area contributed by atoms with Crippen molar-refractivity contribution in [3.8, 4) is 0 Å². The molecule has 1 aliphatic heterocycles. The number of carbonyl (C=O) groups is 1. The van der Waals surface area contributed by atoms with E-state index in [2.05, 4.69) is 0 Å². The van der Waals surface area contributed by atoms with Crippen LogP contribution in [0.15, 0.2) is 0 Å². The molecule has 1 N–H and O–H groups in total. The summed E-state index contributed by atoms with van der Waals surface area (Å²) in [6.07, 6.45) is 0.664. The van der Waals surface area contributed by atoms with Crippen molar-refractivity contribution in [1.82, 2.24) is 0 Å². The third-order valence-electron chi connectivity index (χ3n) is 2.01. The largest absolute Gasteiger partial charge is 0.392 e. The zero-order valence-electron chi connectivity index (χ0n) is 6.75. The molecule has 0 amide bonds. The summed E-state index contributed by atoms with van der Waals surface area (Å²) >= 11 is 0. The van der Waals surface area contributed by atoms with Crippen LogP contribution >= 0.6 is 0 Å². The number of Topliss-reactive ketones (excluding diaryl/α,β-unsaturated/α-hetero) is 1. The number of ether oxygens (including phenoxy) is 1. The van der Waals surface area contributed by atoms with Crippen LogP contribution in [0.5, 0.6) is 0 Å². The van der Waals surface area contributed by atoms with Crippen LogP contribution < -0.4 is 0 Å². The van der Waals surface area contributed by atoms with Gasteiger partial charge in [0.05, 0.1) is 12.7 Å². The highest BCUT2D eigenvalue weighted by Gasteiger charge is 2.24. The van der Waals surface area contributed by atoms with Gasteiger partial charge in [0.25, 0.3) is 0 Å². The maximum Gasteiger partial charge on any atom is 0.132 e. The van der Waals surface area contributed by atoms with Crippen molar-refractivity contribution >= 4 is 5.78 Å². The molecule has 0 aromatic rings. The van der Waals surface area contributed by atoms with Gasteiger partial charge < -0.3 is 9.84 Å². The van der Waals surface area contributed by atoms with Crippen LogP contribution in [0.3, 0.4) is 0 Å². The third kappa shape index (κ3) is 2.60. The number of hydrogen-bond acceptors (Lipinski definition) is 3. The molecule has 3 nitrogen and oxygen atoms in total. The molecule has 0 aliphatic carbocycles. The van der Waals surface area contributed by atoms with E-state index < -0.39 is 6.10 Å². The lowest BCUT2D eigenvalue weighted by Crippen LogP contribution is -2.22. The Bertz CT molecular complexity index is 138. The molecular formula is C8H14O3. The van der Waals surface area contributed by atoms with Crippen molar-refractivity contribution in [2.24, 2.45) is 5.92 Å². The lowest BCUT2D eigenvalue weighted by Gasteiger charge is -2.13. The smallest absolute Gasteiger partial charge is 0.132 e. The summed E-state index contributed by atoms with van der Waals surface area (Å²) in [5.41, 5.74) is 0. The fraction of sp³-hybridized carbons (Fsp3) is 0.875. The second kappa shape index (κ2) is 3.83. The van der Waals surface area contributed by atoms with Crippen LogP contribution in [0.1, 0.15) is 19.8 Å². The summed E-state index contributed by atoms with van der Waals surface area (Å²) in [6, 6.07) is 0. The zero-order chi connectivity index (χ0) is 8.27. The molecule has 1 heterocycles. The van der Waals surface area contributed by atoms with Crippen LogP contribution in [0.2, 0.25) is 0 Å². The number of hydrogen-bond donors (Lipinski definition) is 1. The second-order valence-electron chi connectivity index (χ2n) is 3.10. The van der Waals surface area contributed by atoms with E-state index in [0.29, 0.717) is 6.61 Å². The molecule has 0 aromatic carbocycles. The van der Waals surface area contributed by atoms with Crippen LogP contribution in [-0.2, 0) is 9.53 Å². The highest BCUT2D eigenvalue weighted by atomic mass is 16.5. The maximum atomic E-state index is 10.6. The SMILES string of the molecule is CC(=O)C[C@@H](O)[C@@H]1CCOC1. The topological polar surface area (TPSA) is 46.5 Å². The molecule has 0 spiro atoms. The molecule has 0 aromatic heterocycles. The lowest BCUT2D eigenvalue weighted by molar-refractivity contribution is -0.119. The fourth-order valence-electron chi connectivity index (χ4n) is 1.32. The van der Waals surface area contributed by atoms with Crippen molar-refractivity contribution in [3.63, 3.8) is 0 Å². The first-order valence-electron chi connectivity index (χ1n) is 3.95. The molecule has 64 valence electrons.